The summed E-state index contributed by atoms with van der Waals surface area (Å²) < 4.78 is 5.31. The zero-order valence-electron chi connectivity index (χ0n) is 23.1. The molecule has 3 heteroatoms. The zero-order valence-corrected chi connectivity index (χ0v) is 23.1. The molecule has 0 bridgehead atoms. The molecule has 0 rings (SSSR count). The maximum Gasteiger partial charge on any atom is 0.0627 e. The Kier molecular flexibility index (Phi) is 13.9. The molecule has 0 aliphatic rings. The molecule has 29 heavy (non-hydrogen) atoms. The smallest absolute Gasteiger partial charge is 0.0627 e. The number of hydrogen-bond acceptors (Lipinski definition) is 3. The van der Waals surface area contributed by atoms with E-state index in [2.05, 4.69) is 90.0 Å². The Labute approximate surface area is 185 Å². The summed E-state index contributed by atoms with van der Waals surface area (Å²) in [5.74, 6) is 0. The van der Waals surface area contributed by atoms with Crippen LogP contribution < -0.4 is 0 Å². The molecule has 0 aromatic rings. The van der Waals surface area contributed by atoms with Crippen molar-refractivity contribution in [3.8, 4) is 0 Å². The third kappa shape index (κ3) is 32.7. The lowest BCUT2D eigenvalue weighted by Crippen LogP contribution is -2.28. The largest absolute Gasteiger partial charge is 0.396 e. The normalized spacial score (nSPS) is 13.9. The first-order valence-electron chi connectivity index (χ1n) is 11.1. The Balaban J connectivity index is -0.000000350. The van der Waals surface area contributed by atoms with Gasteiger partial charge >= 0.3 is 0 Å². The summed E-state index contributed by atoms with van der Waals surface area (Å²) >= 11 is 0. The zero-order chi connectivity index (χ0) is 24.5. The first-order chi connectivity index (χ1) is 12.2. The second-order valence-electron chi connectivity index (χ2n) is 14.3. The molecule has 0 radical (unpaired) electrons. The Morgan fingerprint density at radius 2 is 0.862 bits per heavy atom. The predicted octanol–water partition coefficient (Wildman–Crippen LogP) is 7.48. The van der Waals surface area contributed by atoms with Gasteiger partial charge in [-0.2, -0.15) is 0 Å². The molecule has 0 saturated carbocycles. The van der Waals surface area contributed by atoms with Crippen LogP contribution in [-0.4, -0.2) is 35.1 Å². The molecular weight excluding hydrogens is 360 g/mol. The van der Waals surface area contributed by atoms with Crippen LogP contribution in [-0.2, 0) is 4.74 Å². The lowest BCUT2D eigenvalue weighted by atomic mass is 9.77. The van der Waals surface area contributed by atoms with Crippen molar-refractivity contribution in [2.75, 3.05) is 13.7 Å². The molecule has 0 atom stereocenters. The van der Waals surface area contributed by atoms with E-state index in [4.69, 9.17) is 9.84 Å². The Morgan fingerprint density at radius 3 is 0.931 bits per heavy atom. The van der Waals surface area contributed by atoms with Crippen molar-refractivity contribution < 1.29 is 14.9 Å². The minimum atomic E-state index is -0.516. The number of rotatable bonds is 5. The Hall–Kier alpha value is -0.120. The summed E-state index contributed by atoms with van der Waals surface area (Å²) in [4.78, 5) is 0. The molecule has 0 saturated heterocycles. The van der Waals surface area contributed by atoms with Crippen molar-refractivity contribution in [1.29, 1.82) is 0 Å². The van der Waals surface area contributed by atoms with Gasteiger partial charge in [-0.15, -0.1) is 0 Å². The van der Waals surface area contributed by atoms with Crippen LogP contribution in [0.3, 0.4) is 0 Å². The summed E-state index contributed by atoms with van der Waals surface area (Å²) in [6.07, 6.45) is 3.01. The van der Waals surface area contributed by atoms with Crippen LogP contribution in [0.1, 0.15) is 123 Å². The fourth-order valence-corrected chi connectivity index (χ4v) is 4.14. The molecule has 3 nitrogen and oxygen atoms in total. The van der Waals surface area contributed by atoms with Gasteiger partial charge in [-0.05, 0) is 68.6 Å². The van der Waals surface area contributed by atoms with Gasteiger partial charge in [0.15, 0.2) is 0 Å². The van der Waals surface area contributed by atoms with Crippen molar-refractivity contribution in [3.05, 3.63) is 0 Å². The summed E-state index contributed by atoms with van der Waals surface area (Å²) in [6.45, 7) is 32.1. The average molecular weight is 419 g/mol. The van der Waals surface area contributed by atoms with E-state index in [9.17, 15) is 5.11 Å². The van der Waals surface area contributed by atoms with E-state index in [1.54, 1.807) is 7.11 Å². The van der Waals surface area contributed by atoms with Crippen molar-refractivity contribution >= 4 is 0 Å². The predicted molar refractivity (Wildman–Crippen MR) is 130 cm³/mol. The molecule has 0 amide bonds. The third-order valence-corrected chi connectivity index (χ3v) is 3.91. The van der Waals surface area contributed by atoms with Gasteiger partial charge in [0, 0.05) is 13.7 Å². The van der Waals surface area contributed by atoms with Crippen LogP contribution in [0.4, 0.5) is 0 Å². The number of aliphatic hydroxyl groups excluding tert-OH is 1. The van der Waals surface area contributed by atoms with E-state index in [1.807, 2.05) is 13.8 Å². The van der Waals surface area contributed by atoms with Gasteiger partial charge < -0.3 is 14.9 Å². The van der Waals surface area contributed by atoms with Crippen molar-refractivity contribution in [2.24, 2.45) is 21.7 Å². The second kappa shape index (κ2) is 12.1. The third-order valence-electron chi connectivity index (χ3n) is 3.91. The van der Waals surface area contributed by atoms with Crippen LogP contribution in [0.15, 0.2) is 0 Å². The highest BCUT2D eigenvalue weighted by atomic mass is 16.5. The lowest BCUT2D eigenvalue weighted by molar-refractivity contribution is -0.00935. The quantitative estimate of drug-likeness (QED) is 0.486. The van der Waals surface area contributed by atoms with E-state index in [1.165, 1.54) is 0 Å². The molecule has 2 N–H and O–H groups in total. The van der Waals surface area contributed by atoms with Crippen molar-refractivity contribution in [3.63, 3.8) is 0 Å². The molecular formula is C26H58O3. The van der Waals surface area contributed by atoms with Crippen LogP contribution in [0.2, 0.25) is 0 Å². The highest BCUT2D eigenvalue weighted by molar-refractivity contribution is 4.76. The molecule has 0 heterocycles. The fraction of sp³-hybridized carbons (Fsp3) is 1.00. The van der Waals surface area contributed by atoms with Crippen LogP contribution in [0, 0.1) is 21.7 Å². The number of ether oxygens (including phenoxy) is 1. The highest BCUT2D eigenvalue weighted by Gasteiger charge is 2.25. The van der Waals surface area contributed by atoms with Gasteiger partial charge in [-0.3, -0.25) is 0 Å². The van der Waals surface area contributed by atoms with E-state index in [-0.39, 0.29) is 23.0 Å². The molecule has 0 aromatic heterocycles. The molecule has 0 aliphatic carbocycles. The second-order valence-corrected chi connectivity index (χ2v) is 14.3. The maximum absolute atomic E-state index is 9.35. The van der Waals surface area contributed by atoms with Gasteiger partial charge in [-0.25, -0.2) is 0 Å². The van der Waals surface area contributed by atoms with E-state index < -0.39 is 5.60 Å². The minimum absolute atomic E-state index is 0.0260. The van der Waals surface area contributed by atoms with Gasteiger partial charge in [0.05, 0.1) is 11.2 Å². The van der Waals surface area contributed by atoms with Crippen LogP contribution in [0.25, 0.3) is 0 Å². The minimum Gasteiger partial charge on any atom is -0.396 e. The van der Waals surface area contributed by atoms with E-state index in [0.717, 1.165) is 19.3 Å². The highest BCUT2D eigenvalue weighted by Crippen LogP contribution is 2.32. The Bertz CT molecular complexity index is 367. The van der Waals surface area contributed by atoms with E-state index in [0.29, 0.717) is 10.8 Å². The molecule has 0 aromatic carbocycles. The van der Waals surface area contributed by atoms with Crippen molar-refractivity contribution in [1.82, 2.24) is 0 Å². The fourth-order valence-electron chi connectivity index (χ4n) is 4.14. The summed E-state index contributed by atoms with van der Waals surface area (Å²) in [6, 6.07) is 0. The van der Waals surface area contributed by atoms with Crippen LogP contribution >= 0.6 is 0 Å². The lowest BCUT2D eigenvalue weighted by Gasteiger charge is -2.30. The number of hydrogen-bond donors (Lipinski definition) is 2. The molecule has 0 spiro atoms. The number of methoxy groups -OCH3 is 1. The SMILES string of the molecule is CC(C)(C)CC(C)(C)CO.CC(C)(C)CC(C)(C)O.COC(C)(C)CC(C)(C)C. The average Bonchev–Trinajstić information content (AvgIpc) is 2.30. The van der Waals surface area contributed by atoms with Crippen molar-refractivity contribution in [2.45, 2.75) is 134 Å². The molecule has 180 valence electrons. The topological polar surface area (TPSA) is 49.7 Å². The van der Waals surface area contributed by atoms with Crippen LogP contribution in [0.5, 0.6) is 0 Å². The molecule has 0 aliphatic heterocycles. The Morgan fingerprint density at radius 1 is 0.552 bits per heavy atom. The first-order valence-corrected chi connectivity index (χ1v) is 11.1. The summed E-state index contributed by atoms with van der Waals surface area (Å²) in [7, 11) is 1.77. The van der Waals surface area contributed by atoms with E-state index >= 15 is 0 Å². The standard InChI is InChI=1S/2C9H20O.C8H18O/c1-8(2,3)7-9(4,5)10-6;1-8(2,3)6-9(4,5)7-10;1-7(2,3)6-8(4,5)9/h7H2,1-6H3;10H,6-7H2,1-5H3;9H,6H2,1-5H3. The molecule has 0 fully saturated rings. The van der Waals surface area contributed by atoms with Gasteiger partial charge in [-0.1, -0.05) is 76.2 Å². The van der Waals surface area contributed by atoms with Gasteiger partial charge in [0.25, 0.3) is 0 Å². The first kappa shape index (κ1) is 33.5. The maximum atomic E-state index is 9.35. The number of aliphatic hydroxyl groups is 2. The summed E-state index contributed by atoms with van der Waals surface area (Å²) in [5, 5.41) is 18.3. The van der Waals surface area contributed by atoms with Gasteiger partial charge in [0.1, 0.15) is 0 Å². The monoisotopic (exact) mass is 418 g/mol. The van der Waals surface area contributed by atoms with Gasteiger partial charge in [0.2, 0.25) is 0 Å². The summed E-state index contributed by atoms with van der Waals surface area (Å²) in [5.41, 5.74) is 0.513. The molecule has 0 unspecified atom stereocenters.